The third-order valence-corrected chi connectivity index (χ3v) is 11.4. The number of allylic oxidation sites excluding steroid dienone is 2. The lowest BCUT2D eigenvalue weighted by Crippen LogP contribution is -2.32. The van der Waals surface area contributed by atoms with Gasteiger partial charge in [0.15, 0.2) is 0 Å². The first-order chi connectivity index (χ1) is 24.6. The van der Waals surface area contributed by atoms with Gasteiger partial charge in [0.25, 0.3) is 0 Å². The van der Waals surface area contributed by atoms with Crippen LogP contribution in [0.3, 0.4) is 0 Å². The quantitative estimate of drug-likeness (QED) is 0.135. The molecule has 242 valence electrons. The van der Waals surface area contributed by atoms with Gasteiger partial charge in [0.05, 0.1) is 16.7 Å². The van der Waals surface area contributed by atoms with Crippen molar-refractivity contribution < 1.29 is 0 Å². The second-order valence-corrected chi connectivity index (χ2v) is 14.1. The number of aromatic nitrogens is 1. The molecular weight excluding hydrogens is 627 g/mol. The predicted octanol–water partition coefficient (Wildman–Crippen LogP) is 12.4. The van der Waals surface area contributed by atoms with E-state index in [-0.39, 0.29) is 6.17 Å². The molecule has 0 aliphatic carbocycles. The Morgan fingerprint density at radius 2 is 1.38 bits per heavy atom. The lowest BCUT2D eigenvalue weighted by molar-refractivity contribution is 0.284. The molecule has 0 saturated heterocycles. The summed E-state index contributed by atoms with van der Waals surface area (Å²) in [6.45, 7) is 6.35. The smallest absolute Gasteiger partial charge is 0.106 e. The summed E-state index contributed by atoms with van der Waals surface area (Å²) >= 11 is 1.88. The van der Waals surface area contributed by atoms with Crippen LogP contribution in [-0.2, 0) is 0 Å². The molecule has 0 fully saturated rings. The van der Waals surface area contributed by atoms with E-state index in [9.17, 15) is 0 Å². The zero-order chi connectivity index (χ0) is 33.9. The maximum absolute atomic E-state index is 4.33. The van der Waals surface area contributed by atoms with E-state index in [0.717, 1.165) is 5.70 Å². The van der Waals surface area contributed by atoms with Crippen LogP contribution in [0.5, 0.6) is 0 Å². The average molecular weight is 664 g/mol. The van der Waals surface area contributed by atoms with Gasteiger partial charge in [0, 0.05) is 49.1 Å². The van der Waals surface area contributed by atoms with Crippen LogP contribution in [0, 0.1) is 0 Å². The molecule has 1 atom stereocenters. The van der Waals surface area contributed by atoms with E-state index in [0.29, 0.717) is 0 Å². The summed E-state index contributed by atoms with van der Waals surface area (Å²) in [4.78, 5) is 2.20. The van der Waals surface area contributed by atoms with Gasteiger partial charge in [-0.15, -0.1) is 11.3 Å². The van der Waals surface area contributed by atoms with Crippen LogP contribution in [-0.4, -0.2) is 23.6 Å². The van der Waals surface area contributed by atoms with Crippen molar-refractivity contribution in [3.63, 3.8) is 0 Å². The van der Waals surface area contributed by atoms with Gasteiger partial charge >= 0.3 is 0 Å². The molecule has 0 saturated carbocycles. The first-order valence-corrected chi connectivity index (χ1v) is 18.0. The first-order valence-electron chi connectivity index (χ1n) is 17.2. The molecule has 1 unspecified atom stereocenters. The summed E-state index contributed by atoms with van der Waals surface area (Å²) in [6, 6.07) is 49.4. The van der Waals surface area contributed by atoms with E-state index in [1.54, 1.807) is 0 Å². The molecule has 0 aliphatic rings. The van der Waals surface area contributed by atoms with Crippen molar-refractivity contribution in [1.29, 1.82) is 0 Å². The number of likely N-dealkylation sites (N-methyl/N-ethyl adjacent to an activating group) is 1. The van der Waals surface area contributed by atoms with Gasteiger partial charge in [-0.1, -0.05) is 116 Å². The van der Waals surface area contributed by atoms with Crippen molar-refractivity contribution in [2.24, 2.45) is 0 Å². The molecule has 50 heavy (non-hydrogen) atoms. The molecule has 9 aromatic rings. The minimum Gasteiger partial charge on any atom is -0.356 e. The monoisotopic (exact) mass is 663 g/mol. The summed E-state index contributed by atoms with van der Waals surface area (Å²) in [7, 11) is 4.12. The molecule has 7 aromatic carbocycles. The Morgan fingerprint density at radius 1 is 0.700 bits per heavy atom. The van der Waals surface area contributed by atoms with E-state index in [2.05, 4.69) is 168 Å². The molecule has 0 aliphatic heterocycles. The Hall–Kier alpha value is -5.68. The van der Waals surface area contributed by atoms with Crippen LogP contribution in [0.4, 0.5) is 0 Å². The highest BCUT2D eigenvalue weighted by atomic mass is 32.1. The lowest BCUT2D eigenvalue weighted by Gasteiger charge is -2.31. The summed E-state index contributed by atoms with van der Waals surface area (Å²) in [5.74, 6) is 0. The van der Waals surface area contributed by atoms with Crippen molar-refractivity contribution in [2.45, 2.75) is 13.1 Å². The third-order valence-electron chi connectivity index (χ3n) is 10.3. The minimum absolute atomic E-state index is 0.0461. The van der Waals surface area contributed by atoms with Crippen LogP contribution < -0.4 is 5.32 Å². The van der Waals surface area contributed by atoms with Gasteiger partial charge < -0.3 is 9.47 Å². The van der Waals surface area contributed by atoms with E-state index in [4.69, 9.17) is 0 Å². The Balaban J connectivity index is 1.35. The Bertz CT molecular complexity index is 2820. The van der Waals surface area contributed by atoms with Crippen molar-refractivity contribution in [2.75, 3.05) is 14.1 Å². The second-order valence-electron chi connectivity index (χ2n) is 13.0. The minimum atomic E-state index is -0.0461. The Morgan fingerprint density at radius 3 is 2.18 bits per heavy atom. The molecule has 0 spiro atoms. The van der Waals surface area contributed by atoms with Crippen molar-refractivity contribution in [3.8, 4) is 16.8 Å². The summed E-state index contributed by atoms with van der Waals surface area (Å²) in [5.41, 5.74) is 8.27. The van der Waals surface area contributed by atoms with Crippen LogP contribution in [0.2, 0.25) is 0 Å². The first kappa shape index (κ1) is 30.4. The molecule has 0 bridgehead atoms. The van der Waals surface area contributed by atoms with Gasteiger partial charge in [-0.3, -0.25) is 5.32 Å². The van der Waals surface area contributed by atoms with Gasteiger partial charge in [-0.05, 0) is 83.2 Å². The Kier molecular flexibility index (Phi) is 7.31. The number of hydrogen-bond acceptors (Lipinski definition) is 3. The summed E-state index contributed by atoms with van der Waals surface area (Å²) in [6.07, 6.45) is 4.04. The molecular formula is C46H37N3S. The highest BCUT2D eigenvalue weighted by Gasteiger charge is 2.23. The zero-order valence-electron chi connectivity index (χ0n) is 28.4. The third kappa shape index (κ3) is 4.60. The number of hydrogen-bond donors (Lipinski definition) is 1. The van der Waals surface area contributed by atoms with Crippen molar-refractivity contribution >= 4 is 74.9 Å². The van der Waals surface area contributed by atoms with E-state index in [1.807, 2.05) is 31.4 Å². The maximum Gasteiger partial charge on any atom is 0.106 e. The average Bonchev–Trinajstić information content (AvgIpc) is 3.69. The van der Waals surface area contributed by atoms with Crippen molar-refractivity contribution in [1.82, 2.24) is 14.8 Å². The fourth-order valence-corrected chi connectivity index (χ4v) is 9.15. The van der Waals surface area contributed by atoms with Crippen LogP contribution >= 0.6 is 11.3 Å². The molecule has 3 nitrogen and oxygen atoms in total. The SMILES string of the molecule is C=C(/C=C\C)N(C)C(NC)c1ccc(-n2c3ccccc3c3c(-c4ccc5c(c4)sc4ccccc45)c4ccccc4cc32)c2ccccc12. The fourth-order valence-electron chi connectivity index (χ4n) is 8.01. The number of nitrogens with one attached hydrogen (secondary N) is 1. The second kappa shape index (κ2) is 12.0. The van der Waals surface area contributed by atoms with Gasteiger partial charge in [0.1, 0.15) is 6.17 Å². The number of fused-ring (bicyclic) bond motifs is 8. The normalized spacial score (nSPS) is 12.7. The summed E-state index contributed by atoms with van der Waals surface area (Å²) in [5, 5.41) is 13.7. The number of benzene rings is 7. The highest BCUT2D eigenvalue weighted by Crippen LogP contribution is 2.46. The number of nitrogens with zero attached hydrogens (tertiary/aromatic N) is 2. The Labute approximate surface area is 296 Å². The number of thiophene rings is 1. The largest absolute Gasteiger partial charge is 0.356 e. The zero-order valence-corrected chi connectivity index (χ0v) is 29.3. The van der Waals surface area contributed by atoms with Gasteiger partial charge in [-0.25, -0.2) is 0 Å². The number of rotatable bonds is 7. The van der Waals surface area contributed by atoms with Crippen LogP contribution in [0.15, 0.2) is 158 Å². The number of para-hydroxylation sites is 1. The molecule has 0 amide bonds. The maximum atomic E-state index is 4.33. The molecule has 1 N–H and O–H groups in total. The van der Waals surface area contributed by atoms with Crippen LogP contribution in [0.1, 0.15) is 18.7 Å². The molecule has 4 heteroatoms. The standard InChI is InChI=1S/C46H37N3S/c1-5-14-29(2)48(4)46(47-3)37-25-26-40(34-18-9-8-17-33(34)37)49-39-21-12-10-20-38(39)45-41(49)27-30-15-6-7-16-32(30)44(45)31-23-24-36-35-19-11-13-22-42(35)50-43(36)28-31/h5-28,46-47H,2H2,1,3-4H3/b14-5-. The predicted molar refractivity (Wildman–Crippen MR) is 218 cm³/mol. The van der Waals surface area contributed by atoms with E-state index in [1.165, 1.54) is 85.9 Å². The highest BCUT2D eigenvalue weighted by molar-refractivity contribution is 7.25. The topological polar surface area (TPSA) is 20.2 Å². The molecule has 2 heterocycles. The molecule has 2 aromatic heterocycles. The fraction of sp³-hybridized carbons (Fsp3) is 0.0870. The van der Waals surface area contributed by atoms with E-state index < -0.39 is 0 Å². The summed E-state index contributed by atoms with van der Waals surface area (Å²) < 4.78 is 5.13. The van der Waals surface area contributed by atoms with Gasteiger partial charge in [0.2, 0.25) is 0 Å². The van der Waals surface area contributed by atoms with Crippen LogP contribution in [0.25, 0.3) is 80.3 Å². The molecule has 0 radical (unpaired) electrons. The molecule has 9 rings (SSSR count). The lowest BCUT2D eigenvalue weighted by atomic mass is 9.92. The van der Waals surface area contributed by atoms with E-state index >= 15 is 0 Å². The van der Waals surface area contributed by atoms with Crippen molar-refractivity contribution in [3.05, 3.63) is 163 Å². The van der Waals surface area contributed by atoms with Gasteiger partial charge in [-0.2, -0.15) is 0 Å².